The van der Waals surface area contributed by atoms with E-state index in [4.69, 9.17) is 4.74 Å². The van der Waals surface area contributed by atoms with Crippen LogP contribution in [0.3, 0.4) is 0 Å². The fourth-order valence-electron chi connectivity index (χ4n) is 0.643. The van der Waals surface area contributed by atoms with E-state index in [0.29, 0.717) is 13.0 Å². The zero-order chi connectivity index (χ0) is 8.81. The maximum Gasteiger partial charge on any atom is 0.219 e. The molecule has 1 heterocycles. The smallest absolute Gasteiger partial charge is 0.219 e. The number of aromatic nitrogens is 2. The van der Waals surface area contributed by atoms with Gasteiger partial charge in [0.25, 0.3) is 0 Å². The molecule has 0 aromatic carbocycles. The number of rotatable bonds is 4. The molecule has 0 aliphatic carbocycles. The summed E-state index contributed by atoms with van der Waals surface area (Å²) in [5, 5.41) is 0. The van der Waals surface area contributed by atoms with E-state index in [1.807, 2.05) is 0 Å². The van der Waals surface area contributed by atoms with Gasteiger partial charge in [-0.05, 0) is 6.42 Å². The van der Waals surface area contributed by atoms with Gasteiger partial charge in [-0.25, -0.2) is 9.97 Å². The zero-order valence-corrected chi connectivity index (χ0v) is 6.53. The van der Waals surface area contributed by atoms with E-state index in [1.165, 1.54) is 0 Å². The first-order valence-electron chi connectivity index (χ1n) is 3.54. The summed E-state index contributed by atoms with van der Waals surface area (Å²) in [6.07, 6.45) is 3.56. The van der Waals surface area contributed by atoms with Gasteiger partial charge in [0.05, 0.1) is 12.7 Å². The van der Waals surface area contributed by atoms with Crippen molar-refractivity contribution >= 4 is 0 Å². The molecule has 0 aliphatic heterocycles. The van der Waals surface area contributed by atoms with Crippen molar-refractivity contribution < 1.29 is 9.13 Å². The summed E-state index contributed by atoms with van der Waals surface area (Å²) >= 11 is 0. The number of hydrogen-bond acceptors (Lipinski definition) is 3. The van der Waals surface area contributed by atoms with Crippen LogP contribution in [-0.4, -0.2) is 16.6 Å². The second-order valence-corrected chi connectivity index (χ2v) is 2.10. The van der Waals surface area contributed by atoms with Crippen molar-refractivity contribution in [1.82, 2.24) is 9.97 Å². The van der Waals surface area contributed by atoms with E-state index in [2.05, 4.69) is 16.5 Å². The van der Waals surface area contributed by atoms with Crippen LogP contribution in [0.25, 0.3) is 0 Å². The molecule has 0 bridgehead atoms. The van der Waals surface area contributed by atoms with Crippen molar-refractivity contribution in [2.45, 2.75) is 6.42 Å². The minimum atomic E-state index is -0.585. The SMILES string of the molecule is C=CCCOc1cc(F)ncn1. The molecule has 0 unspecified atom stereocenters. The Labute approximate surface area is 69.9 Å². The average molecular weight is 168 g/mol. The van der Waals surface area contributed by atoms with Crippen LogP contribution in [0.4, 0.5) is 4.39 Å². The van der Waals surface area contributed by atoms with Crippen LogP contribution in [0.1, 0.15) is 6.42 Å². The van der Waals surface area contributed by atoms with Gasteiger partial charge in [0.15, 0.2) is 0 Å². The van der Waals surface area contributed by atoms with Crippen molar-refractivity contribution in [2.75, 3.05) is 6.61 Å². The van der Waals surface area contributed by atoms with Gasteiger partial charge in [0.1, 0.15) is 6.33 Å². The Bertz CT molecular complexity index is 265. The fraction of sp³-hybridized carbons (Fsp3) is 0.250. The first-order valence-corrected chi connectivity index (χ1v) is 3.54. The standard InChI is InChI=1S/C8H9FN2O/c1-2-3-4-12-8-5-7(9)10-6-11-8/h2,5-6H,1,3-4H2. The van der Waals surface area contributed by atoms with Gasteiger partial charge in [0, 0.05) is 0 Å². The predicted molar refractivity (Wildman–Crippen MR) is 42.3 cm³/mol. The summed E-state index contributed by atoms with van der Waals surface area (Å²) in [5.41, 5.74) is 0. The highest BCUT2D eigenvalue weighted by Gasteiger charge is 1.96. The van der Waals surface area contributed by atoms with Crippen LogP contribution < -0.4 is 4.74 Å². The average Bonchev–Trinajstić information content (AvgIpc) is 2.05. The van der Waals surface area contributed by atoms with Crippen LogP contribution in [0.5, 0.6) is 5.88 Å². The Balaban J connectivity index is 2.46. The largest absolute Gasteiger partial charge is 0.477 e. The lowest BCUT2D eigenvalue weighted by Gasteiger charge is -2.01. The lowest BCUT2D eigenvalue weighted by molar-refractivity contribution is 0.309. The molecule has 64 valence electrons. The lowest BCUT2D eigenvalue weighted by atomic mass is 10.4. The Kier molecular flexibility index (Phi) is 3.19. The summed E-state index contributed by atoms with van der Waals surface area (Å²) in [6, 6.07) is 1.14. The molecule has 4 heteroatoms. The molecule has 0 aliphatic rings. The predicted octanol–water partition coefficient (Wildman–Crippen LogP) is 1.57. The highest BCUT2D eigenvalue weighted by atomic mass is 19.1. The quantitative estimate of drug-likeness (QED) is 0.389. The molecule has 0 radical (unpaired) electrons. The topological polar surface area (TPSA) is 35.0 Å². The monoisotopic (exact) mass is 168 g/mol. The Hall–Kier alpha value is -1.45. The van der Waals surface area contributed by atoms with Crippen LogP contribution in [0, 0.1) is 5.95 Å². The number of hydrogen-bond donors (Lipinski definition) is 0. The summed E-state index contributed by atoms with van der Waals surface area (Å²) < 4.78 is 17.5. The number of nitrogens with zero attached hydrogens (tertiary/aromatic N) is 2. The third kappa shape index (κ3) is 2.65. The molecule has 0 saturated carbocycles. The van der Waals surface area contributed by atoms with Crippen LogP contribution >= 0.6 is 0 Å². The fourth-order valence-corrected chi connectivity index (χ4v) is 0.643. The molecular formula is C8H9FN2O. The van der Waals surface area contributed by atoms with Gasteiger partial charge < -0.3 is 4.74 Å². The van der Waals surface area contributed by atoms with E-state index >= 15 is 0 Å². The molecule has 0 atom stereocenters. The molecule has 3 nitrogen and oxygen atoms in total. The molecule has 12 heavy (non-hydrogen) atoms. The second kappa shape index (κ2) is 4.43. The van der Waals surface area contributed by atoms with Gasteiger partial charge in [0.2, 0.25) is 11.8 Å². The number of halogens is 1. The minimum Gasteiger partial charge on any atom is -0.477 e. The second-order valence-electron chi connectivity index (χ2n) is 2.10. The van der Waals surface area contributed by atoms with Gasteiger partial charge in [-0.1, -0.05) is 6.08 Å². The highest BCUT2D eigenvalue weighted by Crippen LogP contribution is 2.05. The summed E-state index contributed by atoms with van der Waals surface area (Å²) in [5.74, 6) is -0.331. The minimum absolute atomic E-state index is 0.254. The van der Waals surface area contributed by atoms with E-state index in [9.17, 15) is 4.39 Å². The molecule has 1 aromatic heterocycles. The van der Waals surface area contributed by atoms with Crippen LogP contribution in [0.15, 0.2) is 25.0 Å². The summed E-state index contributed by atoms with van der Waals surface area (Å²) in [4.78, 5) is 6.99. The van der Waals surface area contributed by atoms with E-state index < -0.39 is 5.95 Å². The van der Waals surface area contributed by atoms with Crippen LogP contribution in [-0.2, 0) is 0 Å². The van der Waals surface area contributed by atoms with Crippen molar-refractivity contribution in [3.8, 4) is 5.88 Å². The first-order chi connectivity index (χ1) is 5.83. The zero-order valence-electron chi connectivity index (χ0n) is 6.53. The first kappa shape index (κ1) is 8.64. The third-order valence-corrected chi connectivity index (χ3v) is 1.18. The highest BCUT2D eigenvalue weighted by molar-refractivity contribution is 5.05. The maximum absolute atomic E-state index is 12.4. The molecule has 0 saturated heterocycles. The molecule has 1 rings (SSSR count). The van der Waals surface area contributed by atoms with Gasteiger partial charge in [-0.15, -0.1) is 6.58 Å². The molecular weight excluding hydrogens is 159 g/mol. The lowest BCUT2D eigenvalue weighted by Crippen LogP contribution is -1.98. The van der Waals surface area contributed by atoms with Crippen molar-refractivity contribution in [3.63, 3.8) is 0 Å². The summed E-state index contributed by atoms with van der Waals surface area (Å²) in [6.45, 7) is 3.98. The van der Waals surface area contributed by atoms with Gasteiger partial charge in [-0.2, -0.15) is 4.39 Å². The Morgan fingerprint density at radius 1 is 1.58 bits per heavy atom. The van der Waals surface area contributed by atoms with Gasteiger partial charge >= 0.3 is 0 Å². The van der Waals surface area contributed by atoms with Crippen LogP contribution in [0.2, 0.25) is 0 Å². The molecule has 0 fully saturated rings. The van der Waals surface area contributed by atoms with Gasteiger partial charge in [-0.3, -0.25) is 0 Å². The third-order valence-electron chi connectivity index (χ3n) is 1.18. The maximum atomic E-state index is 12.4. The van der Waals surface area contributed by atoms with Crippen molar-refractivity contribution in [2.24, 2.45) is 0 Å². The van der Waals surface area contributed by atoms with E-state index in [0.717, 1.165) is 12.4 Å². The summed E-state index contributed by atoms with van der Waals surface area (Å²) in [7, 11) is 0. The van der Waals surface area contributed by atoms with E-state index in [-0.39, 0.29) is 5.88 Å². The molecule has 0 spiro atoms. The Morgan fingerprint density at radius 3 is 3.08 bits per heavy atom. The van der Waals surface area contributed by atoms with Crippen molar-refractivity contribution in [1.29, 1.82) is 0 Å². The van der Waals surface area contributed by atoms with Crippen molar-refractivity contribution in [3.05, 3.63) is 31.0 Å². The molecule has 0 amide bonds. The molecule has 1 aromatic rings. The normalized spacial score (nSPS) is 9.42. The van der Waals surface area contributed by atoms with E-state index in [1.54, 1.807) is 6.08 Å². The number of ether oxygens (including phenoxy) is 1. The molecule has 0 N–H and O–H groups in total. The Morgan fingerprint density at radius 2 is 2.42 bits per heavy atom.